The maximum atomic E-state index is 4.23. The Balaban J connectivity index is 2.51. The van der Waals surface area contributed by atoms with E-state index < -0.39 is 0 Å². The Labute approximate surface area is 86.5 Å². The van der Waals surface area contributed by atoms with E-state index in [1.807, 2.05) is 10.9 Å². The van der Waals surface area contributed by atoms with Crippen molar-refractivity contribution in [3.8, 4) is 0 Å². The first-order chi connectivity index (χ1) is 6.67. The molecular weight excluding hydrogens is 174 g/mol. The zero-order valence-electron chi connectivity index (χ0n) is 9.62. The molecule has 0 saturated carbocycles. The second kappa shape index (κ2) is 5.03. The van der Waals surface area contributed by atoms with E-state index in [0.29, 0.717) is 12.0 Å². The molecule has 0 amide bonds. The Hall–Kier alpha value is -0.990. The predicted molar refractivity (Wildman–Crippen MR) is 60.4 cm³/mol. The summed E-state index contributed by atoms with van der Waals surface area (Å²) in [6.07, 6.45) is 5.15. The molecule has 1 N–H and O–H groups in total. The van der Waals surface area contributed by atoms with E-state index >= 15 is 0 Å². The Morgan fingerprint density at radius 2 is 2.14 bits per heavy atom. The second-order valence-electron chi connectivity index (χ2n) is 3.90. The van der Waals surface area contributed by atoms with E-state index in [1.165, 1.54) is 6.42 Å². The van der Waals surface area contributed by atoms with Gasteiger partial charge in [-0.05, 0) is 19.8 Å². The summed E-state index contributed by atoms with van der Waals surface area (Å²) in [6, 6.07) is 0.509. The van der Waals surface area contributed by atoms with Gasteiger partial charge in [-0.1, -0.05) is 20.3 Å². The first-order valence-corrected chi connectivity index (χ1v) is 5.46. The minimum Gasteiger partial charge on any atom is -0.380 e. The van der Waals surface area contributed by atoms with Crippen molar-refractivity contribution in [2.75, 3.05) is 5.32 Å². The van der Waals surface area contributed by atoms with Crippen LogP contribution in [0.25, 0.3) is 0 Å². The highest BCUT2D eigenvalue weighted by Gasteiger charge is 2.10. The SMILES string of the molecule is CC[C@H](C)[C@@H](C)Nc1cnn(CC)c1. The van der Waals surface area contributed by atoms with Crippen molar-refractivity contribution in [3.05, 3.63) is 12.4 Å². The lowest BCUT2D eigenvalue weighted by atomic mass is 10.0. The summed E-state index contributed by atoms with van der Waals surface area (Å²) >= 11 is 0. The number of hydrogen-bond acceptors (Lipinski definition) is 2. The molecule has 80 valence electrons. The average molecular weight is 195 g/mol. The van der Waals surface area contributed by atoms with Crippen molar-refractivity contribution >= 4 is 5.69 Å². The topological polar surface area (TPSA) is 29.9 Å². The van der Waals surface area contributed by atoms with Crippen molar-refractivity contribution < 1.29 is 0 Å². The van der Waals surface area contributed by atoms with Crippen molar-refractivity contribution in [3.63, 3.8) is 0 Å². The maximum Gasteiger partial charge on any atom is 0.0728 e. The van der Waals surface area contributed by atoms with Crippen molar-refractivity contribution in [2.45, 2.75) is 46.7 Å². The Bertz CT molecular complexity index is 267. The summed E-state index contributed by atoms with van der Waals surface area (Å²) in [5.74, 6) is 0.694. The third-order valence-electron chi connectivity index (χ3n) is 2.85. The van der Waals surface area contributed by atoms with E-state index in [9.17, 15) is 0 Å². The van der Waals surface area contributed by atoms with Crippen molar-refractivity contribution in [1.82, 2.24) is 9.78 Å². The van der Waals surface area contributed by atoms with Crippen LogP contribution in [-0.4, -0.2) is 15.8 Å². The first kappa shape index (κ1) is 11.1. The van der Waals surface area contributed by atoms with Gasteiger partial charge in [-0.2, -0.15) is 5.10 Å². The first-order valence-electron chi connectivity index (χ1n) is 5.46. The Morgan fingerprint density at radius 3 is 2.64 bits per heavy atom. The van der Waals surface area contributed by atoms with Crippen LogP contribution < -0.4 is 5.32 Å². The molecule has 0 aliphatic carbocycles. The lowest BCUT2D eigenvalue weighted by molar-refractivity contribution is 0.494. The molecule has 0 fully saturated rings. The zero-order chi connectivity index (χ0) is 10.6. The number of aromatic nitrogens is 2. The van der Waals surface area contributed by atoms with Crippen LogP contribution in [0.15, 0.2) is 12.4 Å². The van der Waals surface area contributed by atoms with Crippen LogP contribution >= 0.6 is 0 Å². The number of hydrogen-bond donors (Lipinski definition) is 1. The molecule has 1 aromatic heterocycles. The molecule has 3 heteroatoms. The third-order valence-corrected chi connectivity index (χ3v) is 2.85. The number of anilines is 1. The van der Waals surface area contributed by atoms with Crippen molar-refractivity contribution in [2.24, 2.45) is 5.92 Å². The molecule has 1 rings (SSSR count). The second-order valence-corrected chi connectivity index (χ2v) is 3.90. The van der Waals surface area contributed by atoms with Crippen LogP contribution in [0.4, 0.5) is 5.69 Å². The molecule has 3 nitrogen and oxygen atoms in total. The summed E-state index contributed by atoms with van der Waals surface area (Å²) < 4.78 is 1.94. The highest BCUT2D eigenvalue weighted by Crippen LogP contribution is 2.13. The molecule has 1 heterocycles. The summed E-state index contributed by atoms with van der Waals surface area (Å²) in [7, 11) is 0. The highest BCUT2D eigenvalue weighted by molar-refractivity contribution is 5.39. The zero-order valence-corrected chi connectivity index (χ0v) is 9.62. The van der Waals surface area contributed by atoms with Gasteiger partial charge in [-0.3, -0.25) is 4.68 Å². The van der Waals surface area contributed by atoms with Gasteiger partial charge in [-0.25, -0.2) is 0 Å². The van der Waals surface area contributed by atoms with Crippen molar-refractivity contribution in [1.29, 1.82) is 0 Å². The summed E-state index contributed by atoms with van der Waals surface area (Å²) in [4.78, 5) is 0. The van der Waals surface area contributed by atoms with Gasteiger partial charge < -0.3 is 5.32 Å². The lowest BCUT2D eigenvalue weighted by Gasteiger charge is -2.19. The molecule has 0 saturated heterocycles. The monoisotopic (exact) mass is 195 g/mol. The molecule has 0 unspecified atom stereocenters. The summed E-state index contributed by atoms with van der Waals surface area (Å²) in [5, 5.41) is 7.69. The van der Waals surface area contributed by atoms with Crippen LogP contribution in [0.1, 0.15) is 34.1 Å². The quantitative estimate of drug-likeness (QED) is 0.783. The fraction of sp³-hybridized carbons (Fsp3) is 0.727. The minimum atomic E-state index is 0.509. The third kappa shape index (κ3) is 2.76. The largest absolute Gasteiger partial charge is 0.380 e. The number of rotatable bonds is 5. The van der Waals surface area contributed by atoms with E-state index in [0.717, 1.165) is 12.2 Å². The van der Waals surface area contributed by atoms with Gasteiger partial charge in [0.1, 0.15) is 0 Å². The molecule has 0 bridgehead atoms. The van der Waals surface area contributed by atoms with E-state index in [1.54, 1.807) is 0 Å². The Kier molecular flexibility index (Phi) is 3.98. The fourth-order valence-electron chi connectivity index (χ4n) is 1.37. The standard InChI is InChI=1S/C11H21N3/c1-5-9(3)10(4)13-11-7-12-14(6-2)8-11/h7-10,13H,5-6H2,1-4H3/t9-,10+/m0/s1. The fourth-order valence-corrected chi connectivity index (χ4v) is 1.37. The highest BCUT2D eigenvalue weighted by atomic mass is 15.3. The van der Waals surface area contributed by atoms with E-state index in [4.69, 9.17) is 0 Å². The van der Waals surface area contributed by atoms with Crippen LogP contribution in [0.2, 0.25) is 0 Å². The minimum absolute atomic E-state index is 0.509. The molecule has 0 radical (unpaired) electrons. The summed E-state index contributed by atoms with van der Waals surface area (Å²) in [5.41, 5.74) is 1.12. The van der Waals surface area contributed by atoms with E-state index in [2.05, 4.69) is 44.3 Å². The van der Waals surface area contributed by atoms with Crippen LogP contribution in [0.3, 0.4) is 0 Å². The van der Waals surface area contributed by atoms with Crippen LogP contribution in [0, 0.1) is 5.92 Å². The lowest BCUT2D eigenvalue weighted by Crippen LogP contribution is -2.22. The molecular formula is C11H21N3. The van der Waals surface area contributed by atoms with Gasteiger partial charge in [-0.15, -0.1) is 0 Å². The summed E-state index contributed by atoms with van der Waals surface area (Å²) in [6.45, 7) is 9.73. The average Bonchev–Trinajstić information content (AvgIpc) is 2.64. The molecule has 0 aliphatic heterocycles. The molecule has 2 atom stereocenters. The van der Waals surface area contributed by atoms with Gasteiger partial charge in [0.25, 0.3) is 0 Å². The Morgan fingerprint density at radius 1 is 1.43 bits per heavy atom. The molecule has 0 aromatic carbocycles. The van der Waals surface area contributed by atoms with Crippen LogP contribution in [-0.2, 0) is 6.54 Å². The maximum absolute atomic E-state index is 4.23. The molecule has 14 heavy (non-hydrogen) atoms. The molecule has 0 aliphatic rings. The molecule has 0 spiro atoms. The van der Waals surface area contributed by atoms with Gasteiger partial charge in [0.2, 0.25) is 0 Å². The molecule has 1 aromatic rings. The smallest absolute Gasteiger partial charge is 0.0728 e. The van der Waals surface area contributed by atoms with Gasteiger partial charge in [0.05, 0.1) is 11.9 Å². The predicted octanol–water partition coefficient (Wildman–Crippen LogP) is 2.75. The van der Waals surface area contributed by atoms with E-state index in [-0.39, 0.29) is 0 Å². The van der Waals surface area contributed by atoms with Gasteiger partial charge >= 0.3 is 0 Å². The normalized spacial score (nSPS) is 15.1. The number of nitrogens with one attached hydrogen (secondary N) is 1. The van der Waals surface area contributed by atoms with Gasteiger partial charge in [0.15, 0.2) is 0 Å². The van der Waals surface area contributed by atoms with Crippen LogP contribution in [0.5, 0.6) is 0 Å². The number of nitrogens with zero attached hydrogens (tertiary/aromatic N) is 2. The number of aryl methyl sites for hydroxylation is 1. The van der Waals surface area contributed by atoms with Gasteiger partial charge in [0, 0.05) is 18.8 Å².